The molecule has 0 saturated carbocycles. The van der Waals surface area contributed by atoms with Crippen molar-refractivity contribution in [2.24, 2.45) is 0 Å². The number of ether oxygens (including phenoxy) is 2. The highest BCUT2D eigenvalue weighted by Gasteiger charge is 2.16. The van der Waals surface area contributed by atoms with Crippen LogP contribution in [0.5, 0.6) is 11.5 Å². The van der Waals surface area contributed by atoms with Crippen LogP contribution in [0.2, 0.25) is 0 Å². The summed E-state index contributed by atoms with van der Waals surface area (Å²) in [6, 6.07) is 29.2. The minimum atomic E-state index is -0.154. The molecule has 0 aliphatic carbocycles. The fourth-order valence-corrected chi connectivity index (χ4v) is 4.62. The van der Waals surface area contributed by atoms with Crippen LogP contribution < -0.4 is 14.8 Å². The molecule has 0 atom stereocenters. The molecular formula is C29H25N3O3S. The van der Waals surface area contributed by atoms with Gasteiger partial charge in [0.25, 0.3) is 0 Å². The lowest BCUT2D eigenvalue weighted by Gasteiger charge is -2.13. The molecule has 4 aromatic rings. The summed E-state index contributed by atoms with van der Waals surface area (Å²) in [6.45, 7) is 0. The molecule has 0 aliphatic rings. The zero-order chi connectivity index (χ0) is 25.3. The predicted octanol–water partition coefficient (Wildman–Crippen LogP) is 6.43. The number of nitrogens with one attached hydrogen (secondary N) is 1. The molecule has 0 fully saturated rings. The van der Waals surface area contributed by atoms with E-state index in [1.165, 1.54) is 11.8 Å². The summed E-state index contributed by atoms with van der Waals surface area (Å²) in [7, 11) is 3.12. The second-order valence-corrected chi connectivity index (χ2v) is 8.91. The summed E-state index contributed by atoms with van der Waals surface area (Å²) < 4.78 is 10.5. The maximum atomic E-state index is 12.6. The van der Waals surface area contributed by atoms with Crippen LogP contribution in [0, 0.1) is 11.3 Å². The number of anilines is 1. The van der Waals surface area contributed by atoms with Gasteiger partial charge in [-0.2, -0.15) is 5.26 Å². The average molecular weight is 496 g/mol. The highest BCUT2D eigenvalue weighted by molar-refractivity contribution is 7.99. The first-order valence-corrected chi connectivity index (χ1v) is 12.3. The summed E-state index contributed by atoms with van der Waals surface area (Å²) in [6.07, 6.45) is 0.243. The van der Waals surface area contributed by atoms with E-state index in [1.54, 1.807) is 32.4 Å². The van der Waals surface area contributed by atoms with Crippen LogP contribution in [0.4, 0.5) is 5.69 Å². The van der Waals surface area contributed by atoms with E-state index < -0.39 is 0 Å². The first kappa shape index (κ1) is 24.8. The van der Waals surface area contributed by atoms with E-state index in [2.05, 4.69) is 11.4 Å². The molecule has 1 N–H and O–H groups in total. The monoisotopic (exact) mass is 495 g/mol. The fraction of sp³-hybridized carbons (Fsp3) is 0.138. The number of rotatable bonds is 9. The van der Waals surface area contributed by atoms with Crippen molar-refractivity contribution in [3.63, 3.8) is 0 Å². The molecule has 7 heteroatoms. The molecular weight excluding hydrogens is 470 g/mol. The minimum Gasteiger partial charge on any atom is -0.497 e. The Kier molecular flexibility index (Phi) is 8.22. The maximum absolute atomic E-state index is 12.6. The third-order valence-corrected chi connectivity index (χ3v) is 6.43. The minimum absolute atomic E-state index is 0.154. The molecule has 1 amide bonds. The van der Waals surface area contributed by atoms with Gasteiger partial charge >= 0.3 is 0 Å². The number of nitrogens with zero attached hydrogens (tertiary/aromatic N) is 2. The Bertz CT molecular complexity index is 1360. The lowest BCUT2D eigenvalue weighted by molar-refractivity contribution is -0.115. The van der Waals surface area contributed by atoms with Gasteiger partial charge in [0.2, 0.25) is 5.91 Å². The van der Waals surface area contributed by atoms with Crippen molar-refractivity contribution >= 4 is 23.4 Å². The summed E-state index contributed by atoms with van der Waals surface area (Å²) >= 11 is 1.40. The Labute approximate surface area is 214 Å². The number of amides is 1. The Morgan fingerprint density at radius 1 is 0.917 bits per heavy atom. The summed E-state index contributed by atoms with van der Waals surface area (Å²) in [5, 5.41) is 13.5. The quantitative estimate of drug-likeness (QED) is 0.270. The molecule has 4 rings (SSSR count). The number of methoxy groups -OCH3 is 2. The van der Waals surface area contributed by atoms with Gasteiger partial charge < -0.3 is 14.8 Å². The summed E-state index contributed by atoms with van der Waals surface area (Å²) in [5.41, 5.74) is 4.61. The molecule has 1 aromatic heterocycles. The normalized spacial score (nSPS) is 10.4. The second kappa shape index (κ2) is 11.9. The van der Waals surface area contributed by atoms with Gasteiger partial charge in [-0.15, -0.1) is 11.8 Å². The van der Waals surface area contributed by atoms with Crippen LogP contribution in [-0.4, -0.2) is 30.9 Å². The maximum Gasteiger partial charge on any atom is 0.225 e. The molecule has 1 heterocycles. The van der Waals surface area contributed by atoms with Gasteiger partial charge in [0.05, 0.1) is 25.5 Å². The van der Waals surface area contributed by atoms with Crippen molar-refractivity contribution in [2.75, 3.05) is 25.3 Å². The highest BCUT2D eigenvalue weighted by Crippen LogP contribution is 2.34. The smallest absolute Gasteiger partial charge is 0.225 e. The van der Waals surface area contributed by atoms with Crippen molar-refractivity contribution in [1.82, 2.24) is 4.98 Å². The van der Waals surface area contributed by atoms with Gasteiger partial charge in [0, 0.05) is 47.2 Å². The number of aromatic nitrogens is 1. The van der Waals surface area contributed by atoms with Crippen LogP contribution in [0.25, 0.3) is 22.4 Å². The SMILES string of the molecule is COc1cc(NC(=O)CCSc2nc(-c3ccccc3)cc(-c3ccccc3)c2C#N)cc(OC)c1. The van der Waals surface area contributed by atoms with Crippen LogP contribution >= 0.6 is 11.8 Å². The molecule has 0 unspecified atom stereocenters. The number of carbonyl (C=O) groups excluding carboxylic acids is 1. The molecule has 6 nitrogen and oxygen atoms in total. The van der Waals surface area contributed by atoms with Gasteiger partial charge in [-0.25, -0.2) is 4.98 Å². The van der Waals surface area contributed by atoms with E-state index in [0.29, 0.717) is 33.5 Å². The first-order valence-electron chi connectivity index (χ1n) is 11.3. The number of hydrogen-bond donors (Lipinski definition) is 1. The molecule has 3 aromatic carbocycles. The Hall–Kier alpha value is -4.28. The largest absolute Gasteiger partial charge is 0.497 e. The lowest BCUT2D eigenvalue weighted by atomic mass is 9.99. The Morgan fingerprint density at radius 3 is 2.11 bits per heavy atom. The van der Waals surface area contributed by atoms with E-state index in [1.807, 2.05) is 66.7 Å². The number of pyridine rings is 1. The van der Waals surface area contributed by atoms with Crippen LogP contribution in [-0.2, 0) is 4.79 Å². The standard InChI is InChI=1S/C29H25N3O3S/c1-34-23-15-22(16-24(17-23)35-2)31-28(33)13-14-36-29-26(19-30)25(20-9-5-3-6-10-20)18-27(32-29)21-11-7-4-8-12-21/h3-12,15-18H,13-14H2,1-2H3,(H,31,33). The Balaban J connectivity index is 1.55. The van der Waals surface area contributed by atoms with Crippen molar-refractivity contribution in [3.05, 3.63) is 90.5 Å². The molecule has 36 heavy (non-hydrogen) atoms. The topological polar surface area (TPSA) is 84.2 Å². The van der Waals surface area contributed by atoms with E-state index in [4.69, 9.17) is 14.5 Å². The Morgan fingerprint density at radius 2 is 1.53 bits per heavy atom. The van der Waals surface area contributed by atoms with E-state index in [0.717, 1.165) is 22.4 Å². The van der Waals surface area contributed by atoms with Crippen LogP contribution in [0.15, 0.2) is 90.0 Å². The predicted molar refractivity (Wildman–Crippen MR) is 143 cm³/mol. The van der Waals surface area contributed by atoms with Crippen molar-refractivity contribution in [1.29, 1.82) is 5.26 Å². The number of carbonyl (C=O) groups is 1. The van der Waals surface area contributed by atoms with E-state index >= 15 is 0 Å². The third kappa shape index (κ3) is 6.04. The lowest BCUT2D eigenvalue weighted by Crippen LogP contribution is -2.12. The molecule has 0 saturated heterocycles. The number of hydrogen-bond acceptors (Lipinski definition) is 6. The zero-order valence-electron chi connectivity index (χ0n) is 20.0. The summed E-state index contributed by atoms with van der Waals surface area (Å²) in [4.78, 5) is 17.4. The molecule has 0 aliphatic heterocycles. The van der Waals surface area contributed by atoms with E-state index in [-0.39, 0.29) is 12.3 Å². The first-order chi connectivity index (χ1) is 17.6. The number of thioether (sulfide) groups is 1. The van der Waals surface area contributed by atoms with Gasteiger partial charge in [-0.3, -0.25) is 4.79 Å². The van der Waals surface area contributed by atoms with Gasteiger partial charge in [0.1, 0.15) is 22.6 Å². The van der Waals surface area contributed by atoms with Crippen molar-refractivity contribution < 1.29 is 14.3 Å². The second-order valence-electron chi connectivity index (χ2n) is 7.83. The van der Waals surface area contributed by atoms with E-state index in [9.17, 15) is 10.1 Å². The summed E-state index contributed by atoms with van der Waals surface area (Å²) in [5.74, 6) is 1.49. The molecule has 180 valence electrons. The highest BCUT2D eigenvalue weighted by atomic mass is 32.2. The average Bonchev–Trinajstić information content (AvgIpc) is 2.93. The van der Waals surface area contributed by atoms with Crippen LogP contribution in [0.1, 0.15) is 12.0 Å². The van der Waals surface area contributed by atoms with Crippen molar-refractivity contribution in [3.8, 4) is 40.0 Å². The molecule has 0 bridgehead atoms. The van der Waals surface area contributed by atoms with Crippen LogP contribution in [0.3, 0.4) is 0 Å². The van der Waals surface area contributed by atoms with Gasteiger partial charge in [-0.05, 0) is 11.6 Å². The molecule has 0 spiro atoms. The van der Waals surface area contributed by atoms with Crippen molar-refractivity contribution in [2.45, 2.75) is 11.4 Å². The van der Waals surface area contributed by atoms with Gasteiger partial charge in [0.15, 0.2) is 0 Å². The number of nitriles is 1. The zero-order valence-corrected chi connectivity index (χ0v) is 20.8. The van der Waals surface area contributed by atoms with Gasteiger partial charge in [-0.1, -0.05) is 60.7 Å². The fourth-order valence-electron chi connectivity index (χ4n) is 3.68. The third-order valence-electron chi connectivity index (χ3n) is 5.46. The molecule has 0 radical (unpaired) electrons. The number of benzene rings is 3.